The van der Waals surface area contributed by atoms with Crippen molar-refractivity contribution in [2.45, 2.75) is 52.4 Å². The van der Waals surface area contributed by atoms with Crippen molar-refractivity contribution in [3.63, 3.8) is 0 Å². The van der Waals surface area contributed by atoms with Gasteiger partial charge in [0.1, 0.15) is 0 Å². The van der Waals surface area contributed by atoms with Crippen LogP contribution in [0.3, 0.4) is 0 Å². The summed E-state index contributed by atoms with van der Waals surface area (Å²) in [6.07, 6.45) is 1.38. The van der Waals surface area contributed by atoms with Gasteiger partial charge in [-0.05, 0) is 30.7 Å². The second kappa shape index (κ2) is 4.67. The van der Waals surface area contributed by atoms with Crippen LogP contribution >= 0.6 is 0 Å². The molecule has 0 radical (unpaired) electrons. The van der Waals surface area contributed by atoms with Crippen LogP contribution in [0.2, 0.25) is 0 Å². The molecule has 14 heavy (non-hydrogen) atoms. The van der Waals surface area contributed by atoms with Crippen molar-refractivity contribution in [2.24, 2.45) is 17.0 Å². The lowest BCUT2D eigenvalue weighted by molar-refractivity contribution is -0.105. The topological polar surface area (TPSA) is 58.0 Å². The smallest absolute Gasteiger partial charge is 0.0662 e. The van der Waals surface area contributed by atoms with Crippen LogP contribution in [-0.4, -0.2) is 18.2 Å². The van der Waals surface area contributed by atoms with Gasteiger partial charge in [0.05, 0.1) is 18.2 Å². The van der Waals surface area contributed by atoms with Crippen LogP contribution < -0.4 is 0 Å². The zero-order valence-electron chi connectivity index (χ0n) is 9.34. The standard InChI is InChI=1S/C10H19N3O/c1-5-9-6(2)7(3)10(12-13-11)8(4)14-9/h6-10H,5H2,1-4H3/t6-,7-,8+,9?,10?/m0/s1. The van der Waals surface area contributed by atoms with E-state index < -0.39 is 0 Å². The van der Waals surface area contributed by atoms with E-state index in [0.717, 1.165) is 6.42 Å². The van der Waals surface area contributed by atoms with Gasteiger partial charge >= 0.3 is 0 Å². The minimum atomic E-state index is -0.0159. The van der Waals surface area contributed by atoms with E-state index in [0.29, 0.717) is 17.9 Å². The molecule has 1 fully saturated rings. The van der Waals surface area contributed by atoms with E-state index in [2.05, 4.69) is 30.8 Å². The van der Waals surface area contributed by atoms with E-state index in [1.807, 2.05) is 6.92 Å². The highest BCUT2D eigenvalue weighted by Crippen LogP contribution is 2.33. The third kappa shape index (κ3) is 2.02. The highest BCUT2D eigenvalue weighted by molar-refractivity contribution is 4.90. The number of nitrogens with zero attached hydrogens (tertiary/aromatic N) is 3. The average molecular weight is 197 g/mol. The Balaban J connectivity index is 2.78. The molecule has 1 saturated heterocycles. The maximum absolute atomic E-state index is 8.47. The van der Waals surface area contributed by atoms with Gasteiger partial charge in [0.2, 0.25) is 0 Å². The van der Waals surface area contributed by atoms with Crippen LogP contribution in [0.5, 0.6) is 0 Å². The molecule has 4 nitrogen and oxygen atoms in total. The molecule has 1 aliphatic rings. The second-order valence-electron chi connectivity index (χ2n) is 4.20. The van der Waals surface area contributed by atoms with Crippen molar-refractivity contribution in [3.05, 3.63) is 10.4 Å². The fourth-order valence-electron chi connectivity index (χ4n) is 2.28. The first-order valence-corrected chi connectivity index (χ1v) is 5.31. The minimum absolute atomic E-state index is 0.0159. The molecule has 0 aromatic heterocycles. The number of ether oxygens (including phenoxy) is 1. The van der Waals surface area contributed by atoms with Gasteiger partial charge in [0.15, 0.2) is 0 Å². The Labute approximate surface area is 85.3 Å². The van der Waals surface area contributed by atoms with Gasteiger partial charge in [-0.3, -0.25) is 0 Å². The Morgan fingerprint density at radius 3 is 2.43 bits per heavy atom. The number of rotatable bonds is 2. The molecule has 80 valence electrons. The third-order valence-electron chi connectivity index (χ3n) is 3.41. The molecule has 4 heteroatoms. The Kier molecular flexibility index (Phi) is 3.78. The average Bonchev–Trinajstić information content (AvgIpc) is 2.18. The van der Waals surface area contributed by atoms with Crippen molar-refractivity contribution >= 4 is 0 Å². The van der Waals surface area contributed by atoms with E-state index in [4.69, 9.17) is 10.3 Å². The fourth-order valence-corrected chi connectivity index (χ4v) is 2.28. The summed E-state index contributed by atoms with van der Waals surface area (Å²) in [6, 6.07) is -0.0159. The molecule has 1 rings (SSSR count). The predicted octanol–water partition coefficient (Wildman–Crippen LogP) is 3.13. The maximum atomic E-state index is 8.47. The van der Waals surface area contributed by atoms with Gasteiger partial charge in [-0.15, -0.1) is 0 Å². The van der Waals surface area contributed by atoms with Crippen molar-refractivity contribution < 1.29 is 4.74 Å². The van der Waals surface area contributed by atoms with E-state index in [1.165, 1.54) is 0 Å². The quantitative estimate of drug-likeness (QED) is 0.381. The first-order chi connectivity index (χ1) is 6.61. The predicted molar refractivity (Wildman–Crippen MR) is 55.9 cm³/mol. The Morgan fingerprint density at radius 2 is 1.93 bits per heavy atom. The lowest BCUT2D eigenvalue weighted by atomic mass is 9.80. The van der Waals surface area contributed by atoms with Gasteiger partial charge < -0.3 is 4.74 Å². The van der Waals surface area contributed by atoms with E-state index in [9.17, 15) is 0 Å². The molecule has 0 aliphatic carbocycles. The Morgan fingerprint density at radius 1 is 1.29 bits per heavy atom. The van der Waals surface area contributed by atoms with Crippen molar-refractivity contribution in [2.75, 3.05) is 0 Å². The summed E-state index contributed by atoms with van der Waals surface area (Å²) >= 11 is 0. The number of azide groups is 1. The van der Waals surface area contributed by atoms with Crippen LogP contribution in [0.15, 0.2) is 5.11 Å². The summed E-state index contributed by atoms with van der Waals surface area (Å²) < 4.78 is 5.82. The van der Waals surface area contributed by atoms with Gasteiger partial charge in [0.25, 0.3) is 0 Å². The van der Waals surface area contributed by atoms with Crippen LogP contribution in [-0.2, 0) is 4.74 Å². The summed E-state index contributed by atoms with van der Waals surface area (Å²) in [5, 5.41) is 3.82. The highest BCUT2D eigenvalue weighted by atomic mass is 16.5. The SMILES string of the molecule is CCC1O[C@H](C)C(N=[N+]=[N-])[C@@H](C)[C@@H]1C. The number of hydrogen-bond acceptors (Lipinski definition) is 2. The molecule has 0 amide bonds. The Hall–Kier alpha value is -0.730. The molecule has 0 spiro atoms. The van der Waals surface area contributed by atoms with Gasteiger partial charge in [-0.1, -0.05) is 25.9 Å². The van der Waals surface area contributed by atoms with Crippen molar-refractivity contribution in [3.8, 4) is 0 Å². The zero-order valence-corrected chi connectivity index (χ0v) is 9.34. The molecular weight excluding hydrogens is 178 g/mol. The molecular formula is C10H19N3O. The summed E-state index contributed by atoms with van der Waals surface area (Å²) in [6.45, 7) is 8.44. The molecule has 0 N–H and O–H groups in total. The van der Waals surface area contributed by atoms with Gasteiger partial charge in [-0.2, -0.15) is 0 Å². The molecule has 1 aliphatic heterocycles. The molecule has 1 heterocycles. The van der Waals surface area contributed by atoms with Crippen LogP contribution in [0.25, 0.3) is 10.4 Å². The zero-order chi connectivity index (χ0) is 10.7. The first-order valence-electron chi connectivity index (χ1n) is 5.31. The largest absolute Gasteiger partial charge is 0.375 e. The molecule has 2 unspecified atom stereocenters. The van der Waals surface area contributed by atoms with Crippen molar-refractivity contribution in [1.82, 2.24) is 0 Å². The summed E-state index contributed by atoms with van der Waals surface area (Å²) in [4.78, 5) is 2.89. The van der Waals surface area contributed by atoms with E-state index in [-0.39, 0.29) is 12.1 Å². The van der Waals surface area contributed by atoms with Crippen LogP contribution in [0, 0.1) is 11.8 Å². The third-order valence-corrected chi connectivity index (χ3v) is 3.41. The lowest BCUT2D eigenvalue weighted by Gasteiger charge is -2.41. The monoisotopic (exact) mass is 197 g/mol. The van der Waals surface area contributed by atoms with Crippen LogP contribution in [0.1, 0.15) is 34.1 Å². The van der Waals surface area contributed by atoms with Gasteiger partial charge in [-0.25, -0.2) is 0 Å². The van der Waals surface area contributed by atoms with E-state index >= 15 is 0 Å². The van der Waals surface area contributed by atoms with Crippen LogP contribution in [0.4, 0.5) is 0 Å². The molecule has 0 bridgehead atoms. The molecule has 5 atom stereocenters. The fraction of sp³-hybridized carbons (Fsp3) is 1.00. The Bertz CT molecular complexity index is 238. The molecule has 0 saturated carbocycles. The van der Waals surface area contributed by atoms with E-state index in [1.54, 1.807) is 0 Å². The van der Waals surface area contributed by atoms with Crippen molar-refractivity contribution in [1.29, 1.82) is 0 Å². The summed E-state index contributed by atoms with van der Waals surface area (Å²) in [5.74, 6) is 0.867. The second-order valence-corrected chi connectivity index (χ2v) is 4.20. The highest BCUT2D eigenvalue weighted by Gasteiger charge is 2.37. The molecule has 0 aromatic carbocycles. The number of hydrogen-bond donors (Lipinski definition) is 0. The normalized spacial score (nSPS) is 43.0. The lowest BCUT2D eigenvalue weighted by Crippen LogP contribution is -2.46. The van der Waals surface area contributed by atoms with Gasteiger partial charge in [0, 0.05) is 4.91 Å². The summed E-state index contributed by atoms with van der Waals surface area (Å²) in [5.41, 5.74) is 8.47. The first kappa shape index (κ1) is 11.3. The maximum Gasteiger partial charge on any atom is 0.0662 e. The molecule has 0 aromatic rings. The minimum Gasteiger partial charge on any atom is -0.375 e. The summed E-state index contributed by atoms with van der Waals surface area (Å²) in [7, 11) is 0.